The molecule has 2 bridgehead atoms. The van der Waals surface area contributed by atoms with E-state index in [9.17, 15) is 19.6 Å². The second-order valence-electron chi connectivity index (χ2n) is 11.8. The average Bonchev–Trinajstić information content (AvgIpc) is 3.43. The molecule has 3 rings (SSSR count). The Labute approximate surface area is 284 Å². The summed E-state index contributed by atoms with van der Waals surface area (Å²) in [6.07, 6.45) is 6.13. The number of esters is 2. The van der Waals surface area contributed by atoms with Gasteiger partial charge in [0.15, 0.2) is 0 Å². The number of carbonyl (C=O) groups is 2. The second-order valence-corrected chi connectivity index (χ2v) is 12.2. The van der Waals surface area contributed by atoms with Crippen LogP contribution in [-0.4, -0.2) is 66.8 Å². The standard InChI is InChI=1S/C31H47NO10P.Na/c1-18(21(4)37-5)11-29-32-26(17-39-29)28-15-23(33)8-7-9-24-12-22(14-30(34)38-6)13-25(40-24)16-27(42-43-36)19(2)10-20(3)31(35)41-28;/h11,14,17,19-21,23-25,27-28,33,43H,7-10,12-13,15-16H2,1-6H3;/q-1;+1/b18-11+,22-14+;/t19-,20-,21+,23-,24+,25+,27-,28?;/m0./s1. The van der Waals surface area contributed by atoms with E-state index < -0.39 is 45.2 Å². The summed E-state index contributed by atoms with van der Waals surface area (Å²) in [6, 6.07) is 0. The number of nitrogens with zero attached hydrogens (tertiary/aromatic N) is 1. The summed E-state index contributed by atoms with van der Waals surface area (Å²) in [5, 5.41) is 11.0. The van der Waals surface area contributed by atoms with Gasteiger partial charge >= 0.3 is 41.5 Å². The molecule has 2 unspecified atom stereocenters. The molecular weight excluding hydrogens is 600 g/mol. The van der Waals surface area contributed by atoms with E-state index in [0.29, 0.717) is 56.5 Å². The van der Waals surface area contributed by atoms with E-state index in [0.717, 1.165) is 11.1 Å². The molecule has 0 spiro atoms. The van der Waals surface area contributed by atoms with Crippen LogP contribution in [0.25, 0.3) is 6.08 Å². The van der Waals surface area contributed by atoms with Gasteiger partial charge in [-0.3, -0.25) is 4.79 Å². The van der Waals surface area contributed by atoms with Gasteiger partial charge in [0.1, 0.15) is 18.1 Å². The molecule has 1 aromatic heterocycles. The number of fused-ring (bicyclic) bond motifs is 2. The monoisotopic (exact) mass is 647 g/mol. The first-order valence-corrected chi connectivity index (χ1v) is 15.8. The number of oxazole rings is 1. The van der Waals surface area contributed by atoms with Gasteiger partial charge in [-0.2, -0.15) is 0 Å². The van der Waals surface area contributed by atoms with Crippen LogP contribution in [0.5, 0.6) is 0 Å². The predicted octanol–water partition coefficient (Wildman–Crippen LogP) is 1.59. The first kappa shape index (κ1) is 39.0. The number of hydrogen-bond acceptors (Lipinski definition) is 11. The summed E-state index contributed by atoms with van der Waals surface area (Å²) >= 11 is 0. The van der Waals surface area contributed by atoms with Crippen LogP contribution in [0.2, 0.25) is 0 Å². The van der Waals surface area contributed by atoms with Crippen molar-refractivity contribution in [2.45, 2.75) is 116 Å². The quantitative estimate of drug-likeness (QED) is 0.199. The minimum absolute atomic E-state index is 0. The van der Waals surface area contributed by atoms with E-state index >= 15 is 0 Å². The van der Waals surface area contributed by atoms with Gasteiger partial charge < -0.3 is 37.9 Å². The van der Waals surface area contributed by atoms with Crippen LogP contribution in [0.1, 0.15) is 96.8 Å². The minimum Gasteiger partial charge on any atom is -0.810 e. The molecule has 2 saturated heterocycles. The van der Waals surface area contributed by atoms with Crippen LogP contribution < -0.4 is 34.5 Å². The van der Waals surface area contributed by atoms with Crippen LogP contribution >= 0.6 is 9.03 Å². The van der Waals surface area contributed by atoms with E-state index in [4.69, 9.17) is 27.9 Å². The Morgan fingerprint density at radius 2 is 1.91 bits per heavy atom. The molecule has 3 heterocycles. The van der Waals surface area contributed by atoms with Gasteiger partial charge in [-0.1, -0.05) is 28.5 Å². The number of cyclic esters (lactones) is 1. The zero-order valence-electron chi connectivity index (χ0n) is 27.1. The maximum Gasteiger partial charge on any atom is 1.00 e. The van der Waals surface area contributed by atoms with E-state index in [2.05, 4.69) is 4.98 Å². The Bertz CT molecular complexity index is 1110. The molecule has 242 valence electrons. The van der Waals surface area contributed by atoms with Crippen molar-refractivity contribution in [1.29, 1.82) is 0 Å². The second kappa shape index (κ2) is 19.5. The third kappa shape index (κ3) is 12.2. The minimum atomic E-state index is -0.960. The molecule has 44 heavy (non-hydrogen) atoms. The van der Waals surface area contributed by atoms with Gasteiger partial charge in [0, 0.05) is 32.1 Å². The first-order chi connectivity index (χ1) is 20.5. The number of carbonyl (C=O) groups excluding carboxylic acids is 2. The summed E-state index contributed by atoms with van der Waals surface area (Å²) in [4.78, 5) is 41.4. The Morgan fingerprint density at radius 1 is 1.18 bits per heavy atom. The van der Waals surface area contributed by atoms with Crippen molar-refractivity contribution in [2.75, 3.05) is 14.2 Å². The van der Waals surface area contributed by atoms with Gasteiger partial charge in [0.25, 0.3) is 0 Å². The van der Waals surface area contributed by atoms with E-state index in [1.54, 1.807) is 20.1 Å². The first-order valence-electron chi connectivity index (χ1n) is 15.0. The maximum atomic E-state index is 13.3. The Morgan fingerprint density at radius 3 is 2.59 bits per heavy atom. The van der Waals surface area contributed by atoms with Gasteiger partial charge in [-0.05, 0) is 63.9 Å². The molecule has 0 amide bonds. The van der Waals surface area contributed by atoms with E-state index in [1.807, 2.05) is 20.8 Å². The number of aliphatic hydroxyl groups excluding tert-OH is 1. The van der Waals surface area contributed by atoms with Gasteiger partial charge in [-0.25, -0.2) is 9.78 Å². The molecule has 0 radical (unpaired) electrons. The number of ether oxygens (including phenoxy) is 4. The van der Waals surface area contributed by atoms with Crippen molar-refractivity contribution in [1.82, 2.24) is 4.98 Å². The summed E-state index contributed by atoms with van der Waals surface area (Å²) in [5.74, 6) is -1.14. The van der Waals surface area contributed by atoms with Crippen molar-refractivity contribution in [2.24, 2.45) is 11.8 Å². The molecule has 2 aliphatic rings. The zero-order chi connectivity index (χ0) is 31.5. The van der Waals surface area contributed by atoms with Crippen molar-refractivity contribution >= 4 is 27.0 Å². The molecule has 11 nitrogen and oxygen atoms in total. The molecule has 2 fully saturated rings. The fraction of sp³-hybridized carbons (Fsp3) is 0.710. The number of aliphatic hydroxyl groups is 1. The molecular formula is C31H47NNaO10P. The van der Waals surface area contributed by atoms with Crippen LogP contribution in [-0.2, 0) is 33.1 Å². The third-order valence-corrected chi connectivity index (χ3v) is 8.77. The van der Waals surface area contributed by atoms with Crippen LogP contribution in [0.3, 0.4) is 0 Å². The van der Waals surface area contributed by atoms with Gasteiger partial charge in [0.05, 0.1) is 43.5 Å². The normalized spacial score (nSPS) is 31.4. The van der Waals surface area contributed by atoms with E-state index in [-0.39, 0.29) is 60.2 Å². The molecule has 0 saturated carbocycles. The molecule has 1 aromatic rings. The van der Waals surface area contributed by atoms with Crippen molar-refractivity contribution < 1.29 is 77.0 Å². The fourth-order valence-electron chi connectivity index (χ4n) is 5.66. The van der Waals surface area contributed by atoms with Crippen LogP contribution in [0, 0.1) is 11.8 Å². The number of methoxy groups -OCH3 is 2. The number of rotatable bonds is 7. The van der Waals surface area contributed by atoms with Gasteiger partial charge in [-0.15, -0.1) is 0 Å². The maximum absolute atomic E-state index is 13.3. The van der Waals surface area contributed by atoms with Crippen molar-refractivity contribution in [3.63, 3.8) is 0 Å². The molecule has 9 atom stereocenters. The molecule has 1 N–H and O–H groups in total. The van der Waals surface area contributed by atoms with Crippen molar-refractivity contribution in [3.8, 4) is 0 Å². The SMILES string of the molecule is COC(=O)/C=C1\C[C@H]2CCC[C@H](O)CC(c3coc(/C=C(\C)[C@@H](C)OC)n3)OC(=O)[C@@H](C)C[C@H](C)[C@@H](OP[O-])C[C@@H](C1)O2.[Na+]. The van der Waals surface area contributed by atoms with Crippen LogP contribution in [0.4, 0.5) is 0 Å². The molecule has 13 heteroatoms. The summed E-state index contributed by atoms with van der Waals surface area (Å²) in [5.41, 5.74) is 2.26. The predicted molar refractivity (Wildman–Crippen MR) is 159 cm³/mol. The Kier molecular flexibility index (Phi) is 17.3. The fourth-order valence-corrected chi connectivity index (χ4v) is 6.11. The zero-order valence-corrected chi connectivity index (χ0v) is 30.1. The Hall–Kier alpha value is -1.14. The molecule has 0 aromatic carbocycles. The van der Waals surface area contributed by atoms with Gasteiger partial charge in [0.2, 0.25) is 5.89 Å². The molecule has 0 aliphatic carbocycles. The topological polar surface area (TPSA) is 150 Å². The molecule has 2 aliphatic heterocycles. The number of hydrogen-bond donors (Lipinski definition) is 1. The summed E-state index contributed by atoms with van der Waals surface area (Å²) in [7, 11) is 2.01. The van der Waals surface area contributed by atoms with Crippen LogP contribution in [0.15, 0.2) is 27.9 Å². The van der Waals surface area contributed by atoms with E-state index in [1.165, 1.54) is 19.4 Å². The average molecular weight is 648 g/mol. The van der Waals surface area contributed by atoms with Crippen molar-refractivity contribution in [3.05, 3.63) is 35.1 Å². The smallest absolute Gasteiger partial charge is 0.810 e. The Balaban J connectivity index is 0.00000675. The summed E-state index contributed by atoms with van der Waals surface area (Å²) < 4.78 is 33.8. The number of aromatic nitrogens is 1. The third-order valence-electron chi connectivity index (χ3n) is 8.37. The summed E-state index contributed by atoms with van der Waals surface area (Å²) in [6.45, 7) is 7.56. The largest absolute Gasteiger partial charge is 1.00 e.